The van der Waals surface area contributed by atoms with E-state index in [9.17, 15) is 10.1 Å². The quantitative estimate of drug-likeness (QED) is 0.527. The molecule has 4 nitrogen and oxygen atoms in total. The first kappa shape index (κ1) is 9.51. The molecule has 0 spiro atoms. The van der Waals surface area contributed by atoms with Gasteiger partial charge in [-0.15, -0.1) is 0 Å². The summed E-state index contributed by atoms with van der Waals surface area (Å²) in [6, 6.07) is 5.21. The summed E-state index contributed by atoms with van der Waals surface area (Å²) in [5.41, 5.74) is 1.62. The summed E-state index contributed by atoms with van der Waals surface area (Å²) in [5, 5.41) is 10.2. The maximum Gasteiger partial charge on any atom is 0.228 e. The van der Waals surface area contributed by atoms with Crippen LogP contribution in [0, 0.1) is 17.0 Å². The number of benzene rings is 1. The number of ether oxygens (including phenoxy) is 1. The lowest BCUT2D eigenvalue weighted by molar-refractivity contribution is -0.496. The Morgan fingerprint density at radius 3 is 2.69 bits per heavy atom. The predicted molar refractivity (Wildman–Crippen MR) is 48.4 cm³/mol. The van der Waals surface area contributed by atoms with Gasteiger partial charge in [0, 0.05) is 10.5 Å². The Kier molecular flexibility index (Phi) is 2.84. The van der Waals surface area contributed by atoms with Gasteiger partial charge >= 0.3 is 0 Å². The Morgan fingerprint density at radius 1 is 1.54 bits per heavy atom. The fraction of sp³-hybridized carbons (Fsp3) is 0.333. The zero-order valence-corrected chi connectivity index (χ0v) is 7.61. The maximum atomic E-state index is 10.2. The number of nitro groups is 1. The summed E-state index contributed by atoms with van der Waals surface area (Å²) in [7, 11) is 1.58. The summed E-state index contributed by atoms with van der Waals surface area (Å²) >= 11 is 0. The van der Waals surface area contributed by atoms with Crippen LogP contribution in [0.25, 0.3) is 0 Å². The van der Waals surface area contributed by atoms with Gasteiger partial charge < -0.3 is 4.74 Å². The van der Waals surface area contributed by atoms with Crippen molar-refractivity contribution in [2.75, 3.05) is 7.11 Å². The van der Waals surface area contributed by atoms with Crippen molar-refractivity contribution in [3.8, 4) is 5.75 Å². The molecule has 1 rings (SSSR count). The highest BCUT2D eigenvalue weighted by Gasteiger charge is 2.04. The van der Waals surface area contributed by atoms with Gasteiger partial charge in [-0.3, -0.25) is 10.1 Å². The molecular formula is C9H11NO3. The van der Waals surface area contributed by atoms with Gasteiger partial charge in [0.1, 0.15) is 5.75 Å². The molecule has 0 aliphatic rings. The number of nitrogens with zero attached hydrogens (tertiary/aromatic N) is 1. The summed E-state index contributed by atoms with van der Waals surface area (Å²) in [5.74, 6) is 0.757. The van der Waals surface area contributed by atoms with Gasteiger partial charge in [-0.2, -0.15) is 0 Å². The first-order valence-corrected chi connectivity index (χ1v) is 3.89. The van der Waals surface area contributed by atoms with Crippen molar-refractivity contribution in [3.05, 3.63) is 39.4 Å². The second-order valence-electron chi connectivity index (χ2n) is 2.79. The Bertz CT molecular complexity index is 323. The zero-order valence-electron chi connectivity index (χ0n) is 7.61. The van der Waals surface area contributed by atoms with E-state index in [4.69, 9.17) is 4.74 Å². The average molecular weight is 181 g/mol. The molecule has 0 saturated carbocycles. The molecular weight excluding hydrogens is 170 g/mol. The number of hydrogen-bond acceptors (Lipinski definition) is 3. The lowest BCUT2D eigenvalue weighted by Gasteiger charge is -2.04. The van der Waals surface area contributed by atoms with Crippen LogP contribution in [0.3, 0.4) is 0 Å². The van der Waals surface area contributed by atoms with Crippen LogP contribution in [0.5, 0.6) is 5.75 Å². The average Bonchev–Trinajstić information content (AvgIpc) is 2.03. The fourth-order valence-corrected chi connectivity index (χ4v) is 1.19. The molecule has 0 fully saturated rings. The van der Waals surface area contributed by atoms with Crippen LogP contribution in [0.1, 0.15) is 11.1 Å². The Hall–Kier alpha value is -1.58. The van der Waals surface area contributed by atoms with Gasteiger partial charge in [-0.25, -0.2) is 0 Å². The molecule has 0 N–H and O–H groups in total. The van der Waals surface area contributed by atoms with E-state index >= 15 is 0 Å². The predicted octanol–water partition coefficient (Wildman–Crippen LogP) is 1.78. The molecule has 0 amide bonds. The van der Waals surface area contributed by atoms with E-state index in [1.54, 1.807) is 25.3 Å². The van der Waals surface area contributed by atoms with Crippen LogP contribution in [0.2, 0.25) is 0 Å². The van der Waals surface area contributed by atoms with Crippen LogP contribution in [-0.2, 0) is 6.54 Å². The fourth-order valence-electron chi connectivity index (χ4n) is 1.19. The third-order valence-electron chi connectivity index (χ3n) is 1.77. The molecule has 0 unspecified atom stereocenters. The van der Waals surface area contributed by atoms with E-state index in [-0.39, 0.29) is 11.5 Å². The molecule has 0 aliphatic carbocycles. The Balaban J connectivity index is 2.89. The molecule has 0 atom stereocenters. The van der Waals surface area contributed by atoms with Crippen molar-refractivity contribution in [2.45, 2.75) is 13.5 Å². The first-order valence-electron chi connectivity index (χ1n) is 3.89. The van der Waals surface area contributed by atoms with Gasteiger partial charge in [0.2, 0.25) is 6.54 Å². The van der Waals surface area contributed by atoms with Gasteiger partial charge in [-0.1, -0.05) is 0 Å². The molecule has 0 aliphatic heterocycles. The van der Waals surface area contributed by atoms with Crippen LogP contribution in [-0.4, -0.2) is 12.0 Å². The number of methoxy groups -OCH3 is 1. The minimum absolute atomic E-state index is 0.134. The number of hydrogen-bond donors (Lipinski definition) is 0. The summed E-state index contributed by atoms with van der Waals surface area (Å²) in [4.78, 5) is 9.86. The number of rotatable bonds is 3. The van der Waals surface area contributed by atoms with Crippen LogP contribution >= 0.6 is 0 Å². The Morgan fingerprint density at radius 2 is 2.23 bits per heavy atom. The standard InChI is InChI=1S/C9H11NO3/c1-7-5-8(6-10(11)12)3-4-9(7)13-2/h3-5H,6H2,1-2H3. The lowest BCUT2D eigenvalue weighted by Crippen LogP contribution is -1.98. The van der Waals surface area contributed by atoms with Gasteiger partial charge in [0.15, 0.2) is 0 Å². The summed E-state index contributed by atoms with van der Waals surface area (Å²) in [6.45, 7) is 1.73. The van der Waals surface area contributed by atoms with Crippen molar-refractivity contribution in [3.63, 3.8) is 0 Å². The van der Waals surface area contributed by atoms with Gasteiger partial charge in [0.25, 0.3) is 0 Å². The van der Waals surface area contributed by atoms with E-state index in [1.807, 2.05) is 6.92 Å². The van der Waals surface area contributed by atoms with Crippen molar-refractivity contribution < 1.29 is 9.66 Å². The van der Waals surface area contributed by atoms with Crippen LogP contribution in [0.15, 0.2) is 18.2 Å². The highest BCUT2D eigenvalue weighted by Crippen LogP contribution is 2.18. The van der Waals surface area contributed by atoms with E-state index in [0.717, 1.165) is 11.3 Å². The second-order valence-corrected chi connectivity index (χ2v) is 2.79. The minimum atomic E-state index is -0.346. The smallest absolute Gasteiger partial charge is 0.228 e. The number of aryl methyl sites for hydroxylation is 1. The normalized spacial score (nSPS) is 9.69. The van der Waals surface area contributed by atoms with E-state index < -0.39 is 0 Å². The summed E-state index contributed by atoms with van der Waals surface area (Å²) < 4.78 is 5.04. The van der Waals surface area contributed by atoms with Crippen molar-refractivity contribution in [1.82, 2.24) is 0 Å². The largest absolute Gasteiger partial charge is 0.496 e. The van der Waals surface area contributed by atoms with Gasteiger partial charge in [0.05, 0.1) is 7.11 Å². The molecule has 0 saturated heterocycles. The second kappa shape index (κ2) is 3.89. The van der Waals surface area contributed by atoms with E-state index in [0.29, 0.717) is 5.56 Å². The molecule has 0 radical (unpaired) electrons. The molecule has 13 heavy (non-hydrogen) atoms. The third kappa shape index (κ3) is 2.43. The van der Waals surface area contributed by atoms with Crippen LogP contribution < -0.4 is 4.74 Å². The maximum absolute atomic E-state index is 10.2. The molecule has 4 heteroatoms. The monoisotopic (exact) mass is 181 g/mol. The lowest BCUT2D eigenvalue weighted by atomic mass is 10.1. The zero-order chi connectivity index (χ0) is 9.84. The van der Waals surface area contributed by atoms with E-state index in [1.165, 1.54) is 0 Å². The topological polar surface area (TPSA) is 52.4 Å². The van der Waals surface area contributed by atoms with E-state index in [2.05, 4.69) is 0 Å². The van der Waals surface area contributed by atoms with Crippen molar-refractivity contribution in [1.29, 1.82) is 0 Å². The summed E-state index contributed by atoms with van der Waals surface area (Å²) in [6.07, 6.45) is 0. The SMILES string of the molecule is COc1ccc(C[N+](=O)[O-])cc1C. The molecule has 70 valence electrons. The van der Waals surface area contributed by atoms with Crippen molar-refractivity contribution in [2.24, 2.45) is 0 Å². The molecule has 1 aromatic carbocycles. The van der Waals surface area contributed by atoms with Gasteiger partial charge in [-0.05, 0) is 30.7 Å². The third-order valence-corrected chi connectivity index (χ3v) is 1.77. The van der Waals surface area contributed by atoms with Crippen molar-refractivity contribution >= 4 is 0 Å². The minimum Gasteiger partial charge on any atom is -0.496 e. The highest BCUT2D eigenvalue weighted by atomic mass is 16.6. The first-order chi connectivity index (χ1) is 6.13. The highest BCUT2D eigenvalue weighted by molar-refractivity contribution is 5.35. The molecule has 0 bridgehead atoms. The molecule has 1 aromatic rings. The van der Waals surface area contributed by atoms with Crippen LogP contribution in [0.4, 0.5) is 0 Å². The molecule has 0 heterocycles. The Labute approximate surface area is 76.3 Å². The molecule has 0 aromatic heterocycles.